The number of amides is 1. The third kappa shape index (κ3) is 3.69. The van der Waals surface area contributed by atoms with Crippen LogP contribution in [-0.2, 0) is 14.1 Å². The average Bonchev–Trinajstić information content (AvgIpc) is 2.92. The Bertz CT molecular complexity index is 1080. The number of rotatable bonds is 6. The van der Waals surface area contributed by atoms with Crippen LogP contribution in [0.1, 0.15) is 35.2 Å². The Morgan fingerprint density at radius 2 is 1.61 bits per heavy atom. The molecule has 0 aliphatic rings. The van der Waals surface area contributed by atoms with Crippen LogP contribution >= 0.6 is 0 Å². The Balaban J connectivity index is 1.73. The normalized spacial score (nSPS) is 12.0. The third-order valence-corrected chi connectivity index (χ3v) is 4.98. The van der Waals surface area contributed by atoms with Crippen LogP contribution in [0.3, 0.4) is 0 Å². The summed E-state index contributed by atoms with van der Waals surface area (Å²) in [7, 11) is 2.96. The maximum Gasteiger partial charge on any atom is 0.351 e. The summed E-state index contributed by atoms with van der Waals surface area (Å²) in [6.07, 6.45) is 0.925. The Morgan fingerprint density at radius 1 is 0.964 bits per heavy atom. The van der Waals surface area contributed by atoms with Gasteiger partial charge in [0.25, 0.3) is 5.91 Å². The van der Waals surface area contributed by atoms with Crippen LogP contribution in [0.2, 0.25) is 0 Å². The first-order valence-electron chi connectivity index (χ1n) is 9.22. The summed E-state index contributed by atoms with van der Waals surface area (Å²) in [5.74, 6) is 0.0806. The lowest BCUT2D eigenvalue weighted by molar-refractivity contribution is 0.0951. The lowest BCUT2D eigenvalue weighted by Gasteiger charge is -2.16. The molecule has 0 bridgehead atoms. The quantitative estimate of drug-likeness (QED) is 0.708. The standard InChI is InChI=1S/C21H24N4O3/c1-4-15(16-8-6-5-7-9-16)14-22-19(26)17-10-12-18(13-11-17)25-21(28)23(2)20(27)24(25)3/h5-13,15H,4,14H2,1-3H3,(H,22,26)/t15-/m0/s1. The van der Waals surface area contributed by atoms with E-state index in [2.05, 4.69) is 24.4 Å². The van der Waals surface area contributed by atoms with E-state index in [1.807, 2.05) is 18.2 Å². The van der Waals surface area contributed by atoms with Crippen molar-refractivity contribution >= 4 is 5.91 Å². The molecule has 146 valence electrons. The minimum absolute atomic E-state index is 0.171. The molecule has 7 heteroatoms. The summed E-state index contributed by atoms with van der Waals surface area (Å²) in [6, 6.07) is 16.7. The second kappa shape index (κ2) is 8.12. The van der Waals surface area contributed by atoms with Gasteiger partial charge in [0.15, 0.2) is 0 Å². The van der Waals surface area contributed by atoms with Gasteiger partial charge >= 0.3 is 11.4 Å². The molecule has 0 spiro atoms. The predicted molar refractivity (Wildman–Crippen MR) is 108 cm³/mol. The van der Waals surface area contributed by atoms with Gasteiger partial charge in [-0.05, 0) is 36.2 Å². The second-order valence-electron chi connectivity index (χ2n) is 6.73. The molecule has 1 N–H and O–H groups in total. The number of nitrogens with one attached hydrogen (secondary N) is 1. The van der Waals surface area contributed by atoms with Crippen LogP contribution in [-0.4, -0.2) is 26.4 Å². The molecule has 3 rings (SSSR count). The molecule has 0 fully saturated rings. The molecule has 28 heavy (non-hydrogen) atoms. The molecule has 3 aromatic rings. The van der Waals surface area contributed by atoms with E-state index in [0.29, 0.717) is 17.8 Å². The molecular formula is C21H24N4O3. The van der Waals surface area contributed by atoms with E-state index in [-0.39, 0.29) is 11.8 Å². The summed E-state index contributed by atoms with van der Waals surface area (Å²) in [4.78, 5) is 36.6. The van der Waals surface area contributed by atoms with Crippen LogP contribution in [0, 0.1) is 0 Å². The zero-order valence-corrected chi connectivity index (χ0v) is 16.3. The van der Waals surface area contributed by atoms with E-state index in [0.717, 1.165) is 11.0 Å². The summed E-state index contributed by atoms with van der Waals surface area (Å²) in [5.41, 5.74) is 1.39. The number of hydrogen-bond acceptors (Lipinski definition) is 3. The zero-order chi connectivity index (χ0) is 20.3. The summed E-state index contributed by atoms with van der Waals surface area (Å²) in [5, 5.41) is 2.98. The number of aromatic nitrogens is 3. The van der Waals surface area contributed by atoms with Gasteiger partial charge < -0.3 is 5.32 Å². The van der Waals surface area contributed by atoms with E-state index in [1.165, 1.54) is 29.0 Å². The maximum atomic E-state index is 12.5. The van der Waals surface area contributed by atoms with Crippen molar-refractivity contribution in [3.8, 4) is 5.69 Å². The van der Waals surface area contributed by atoms with Crippen LogP contribution < -0.4 is 16.7 Å². The van der Waals surface area contributed by atoms with Gasteiger partial charge in [-0.2, -0.15) is 4.68 Å². The molecule has 0 saturated heterocycles. The number of carbonyl (C=O) groups is 1. The SMILES string of the molecule is CC[C@@H](CNC(=O)c1ccc(-n2c(=O)n(C)c(=O)n2C)cc1)c1ccccc1. The zero-order valence-electron chi connectivity index (χ0n) is 16.3. The smallest absolute Gasteiger partial charge is 0.351 e. The third-order valence-electron chi connectivity index (χ3n) is 4.98. The van der Waals surface area contributed by atoms with Crippen molar-refractivity contribution in [1.29, 1.82) is 0 Å². The summed E-state index contributed by atoms with van der Waals surface area (Å²) in [6.45, 7) is 2.65. The Labute approximate surface area is 162 Å². The first-order valence-corrected chi connectivity index (χ1v) is 9.22. The van der Waals surface area contributed by atoms with Gasteiger partial charge in [-0.3, -0.25) is 4.79 Å². The fourth-order valence-electron chi connectivity index (χ4n) is 3.23. The second-order valence-corrected chi connectivity index (χ2v) is 6.73. The van der Waals surface area contributed by atoms with E-state index in [9.17, 15) is 14.4 Å². The largest absolute Gasteiger partial charge is 0.351 e. The Morgan fingerprint density at radius 3 is 2.14 bits per heavy atom. The minimum Gasteiger partial charge on any atom is -0.351 e. The van der Waals surface area contributed by atoms with E-state index >= 15 is 0 Å². The lowest BCUT2D eigenvalue weighted by atomic mass is 9.96. The van der Waals surface area contributed by atoms with Crippen LogP contribution in [0.4, 0.5) is 0 Å². The number of benzene rings is 2. The molecular weight excluding hydrogens is 356 g/mol. The van der Waals surface area contributed by atoms with Gasteiger partial charge in [-0.1, -0.05) is 37.3 Å². The molecule has 1 aromatic heterocycles. The van der Waals surface area contributed by atoms with Crippen LogP contribution in [0.5, 0.6) is 0 Å². The van der Waals surface area contributed by atoms with Crippen molar-refractivity contribution < 1.29 is 4.79 Å². The average molecular weight is 380 g/mol. The van der Waals surface area contributed by atoms with Crippen LogP contribution in [0.15, 0.2) is 64.2 Å². The van der Waals surface area contributed by atoms with Gasteiger partial charge in [0.05, 0.1) is 5.69 Å². The number of nitrogens with zero attached hydrogens (tertiary/aromatic N) is 3. The highest BCUT2D eigenvalue weighted by Gasteiger charge is 2.14. The Kier molecular flexibility index (Phi) is 5.63. The fourth-order valence-corrected chi connectivity index (χ4v) is 3.23. The summed E-state index contributed by atoms with van der Waals surface area (Å²) >= 11 is 0. The molecule has 0 aliphatic carbocycles. The topological polar surface area (TPSA) is 78.0 Å². The minimum atomic E-state index is -0.432. The monoisotopic (exact) mass is 380 g/mol. The van der Waals surface area contributed by atoms with E-state index in [1.54, 1.807) is 24.3 Å². The van der Waals surface area contributed by atoms with Gasteiger partial charge in [-0.25, -0.2) is 18.8 Å². The molecule has 1 amide bonds. The van der Waals surface area contributed by atoms with Gasteiger partial charge in [0.1, 0.15) is 0 Å². The van der Waals surface area contributed by atoms with Crippen molar-refractivity contribution in [2.24, 2.45) is 14.1 Å². The number of carbonyl (C=O) groups excluding carboxylic acids is 1. The van der Waals surface area contributed by atoms with Gasteiger partial charge in [-0.15, -0.1) is 0 Å². The molecule has 0 aliphatic heterocycles. The van der Waals surface area contributed by atoms with Crippen molar-refractivity contribution in [2.75, 3.05) is 6.54 Å². The maximum absolute atomic E-state index is 12.5. The molecule has 0 unspecified atom stereocenters. The highest BCUT2D eigenvalue weighted by molar-refractivity contribution is 5.94. The van der Waals surface area contributed by atoms with Gasteiger partial charge in [0, 0.05) is 32.1 Å². The molecule has 1 atom stereocenters. The number of hydrogen-bond donors (Lipinski definition) is 1. The lowest BCUT2D eigenvalue weighted by Crippen LogP contribution is -2.28. The van der Waals surface area contributed by atoms with E-state index < -0.39 is 11.4 Å². The highest BCUT2D eigenvalue weighted by Crippen LogP contribution is 2.18. The molecule has 0 saturated carbocycles. The predicted octanol–water partition coefficient (Wildman–Crippen LogP) is 1.80. The van der Waals surface area contributed by atoms with Crippen molar-refractivity contribution in [2.45, 2.75) is 19.3 Å². The Hall–Kier alpha value is -3.35. The summed E-state index contributed by atoms with van der Waals surface area (Å²) < 4.78 is 3.55. The molecule has 7 nitrogen and oxygen atoms in total. The molecule has 0 radical (unpaired) electrons. The van der Waals surface area contributed by atoms with Crippen molar-refractivity contribution in [3.05, 3.63) is 86.7 Å². The van der Waals surface area contributed by atoms with Crippen LogP contribution in [0.25, 0.3) is 5.69 Å². The molecule has 1 heterocycles. The first-order chi connectivity index (χ1) is 13.4. The van der Waals surface area contributed by atoms with Gasteiger partial charge in [0.2, 0.25) is 0 Å². The molecule has 2 aromatic carbocycles. The van der Waals surface area contributed by atoms with E-state index in [4.69, 9.17) is 0 Å². The van der Waals surface area contributed by atoms with Crippen molar-refractivity contribution in [3.63, 3.8) is 0 Å². The first kappa shape index (κ1) is 19.4. The highest BCUT2D eigenvalue weighted by atomic mass is 16.2. The van der Waals surface area contributed by atoms with Crippen molar-refractivity contribution in [1.82, 2.24) is 19.2 Å². The fraction of sp³-hybridized carbons (Fsp3) is 0.286.